The second-order valence-corrected chi connectivity index (χ2v) is 6.54. The maximum Gasteiger partial charge on any atom is 0.419 e. The summed E-state index contributed by atoms with van der Waals surface area (Å²) < 4.78 is 12.4. The molecule has 0 bridgehead atoms. The fourth-order valence-corrected chi connectivity index (χ4v) is 2.93. The molecule has 2 aromatic heterocycles. The van der Waals surface area contributed by atoms with E-state index in [1.807, 2.05) is 33.8 Å². The third kappa shape index (κ3) is 2.70. The van der Waals surface area contributed by atoms with Gasteiger partial charge in [-0.25, -0.2) is 14.2 Å². The highest BCUT2D eigenvalue weighted by molar-refractivity contribution is 7.20. The molecule has 0 radical (unpaired) electrons. The van der Waals surface area contributed by atoms with Crippen LogP contribution >= 0.6 is 11.3 Å². The number of aromatic nitrogens is 1. The number of fused-ring (bicyclic) bond motifs is 1. The molecule has 0 aliphatic rings. The van der Waals surface area contributed by atoms with Gasteiger partial charge in [0.25, 0.3) is 0 Å². The summed E-state index contributed by atoms with van der Waals surface area (Å²) in [7, 11) is 1.33. The van der Waals surface area contributed by atoms with Crippen LogP contribution < -0.4 is 0 Å². The second kappa shape index (κ2) is 4.94. The number of carbonyl (C=O) groups is 2. The number of ether oxygens (including phenoxy) is 2. The number of hydrogen-bond donors (Lipinski definition) is 0. The fraction of sp³-hybridized carbons (Fsp3) is 0.429. The van der Waals surface area contributed by atoms with Crippen LogP contribution in [0.1, 0.15) is 36.1 Å². The lowest BCUT2D eigenvalue weighted by Crippen LogP contribution is -2.27. The molecular weight excluding hydrogens is 278 g/mol. The van der Waals surface area contributed by atoms with E-state index in [1.165, 1.54) is 23.0 Å². The van der Waals surface area contributed by atoms with Gasteiger partial charge in [0.1, 0.15) is 10.5 Å². The molecule has 0 N–H and O–H groups in total. The summed E-state index contributed by atoms with van der Waals surface area (Å²) in [5.74, 6) is -0.403. The van der Waals surface area contributed by atoms with E-state index in [0.29, 0.717) is 10.4 Å². The highest BCUT2D eigenvalue weighted by atomic mass is 32.1. The number of methoxy groups -OCH3 is 1. The van der Waals surface area contributed by atoms with E-state index in [4.69, 9.17) is 9.47 Å². The molecule has 0 saturated carbocycles. The van der Waals surface area contributed by atoms with E-state index in [9.17, 15) is 9.59 Å². The summed E-state index contributed by atoms with van der Waals surface area (Å²) in [6, 6.07) is 3.51. The Morgan fingerprint density at radius 3 is 2.45 bits per heavy atom. The van der Waals surface area contributed by atoms with Crippen molar-refractivity contribution >= 4 is 33.6 Å². The van der Waals surface area contributed by atoms with Crippen LogP contribution in [0.3, 0.4) is 0 Å². The third-order valence-corrected chi connectivity index (χ3v) is 3.69. The summed E-state index contributed by atoms with van der Waals surface area (Å²) in [6.07, 6.45) is -0.445. The summed E-state index contributed by atoms with van der Waals surface area (Å²) in [5, 5.41) is 0. The van der Waals surface area contributed by atoms with Crippen LogP contribution in [-0.4, -0.2) is 29.3 Å². The zero-order valence-corrected chi connectivity index (χ0v) is 13.0. The summed E-state index contributed by atoms with van der Waals surface area (Å²) in [5.41, 5.74) is 0.875. The van der Waals surface area contributed by atoms with Crippen LogP contribution in [0.15, 0.2) is 12.1 Å². The molecule has 0 atom stereocenters. The first-order valence-corrected chi connectivity index (χ1v) is 6.98. The predicted molar refractivity (Wildman–Crippen MR) is 77.5 cm³/mol. The molecule has 2 heterocycles. The van der Waals surface area contributed by atoms with Gasteiger partial charge in [-0.3, -0.25) is 0 Å². The van der Waals surface area contributed by atoms with Crippen molar-refractivity contribution in [1.29, 1.82) is 0 Å². The largest absolute Gasteiger partial charge is 0.465 e. The van der Waals surface area contributed by atoms with E-state index in [1.54, 1.807) is 6.07 Å². The number of aryl methyl sites for hydroxylation is 1. The van der Waals surface area contributed by atoms with Crippen molar-refractivity contribution in [3.63, 3.8) is 0 Å². The lowest BCUT2D eigenvalue weighted by molar-refractivity contribution is 0.0539. The molecule has 2 rings (SSSR count). The molecule has 6 heteroatoms. The lowest BCUT2D eigenvalue weighted by Gasteiger charge is -2.20. The zero-order chi connectivity index (χ0) is 15.1. The molecule has 0 unspecified atom stereocenters. The number of rotatable bonds is 1. The number of carbonyl (C=O) groups excluding carboxylic acids is 2. The van der Waals surface area contributed by atoms with Crippen molar-refractivity contribution in [2.45, 2.75) is 33.3 Å². The van der Waals surface area contributed by atoms with Gasteiger partial charge in [0, 0.05) is 5.69 Å². The smallest absolute Gasteiger partial charge is 0.419 e. The van der Waals surface area contributed by atoms with Gasteiger partial charge in [-0.1, -0.05) is 0 Å². The van der Waals surface area contributed by atoms with E-state index in [2.05, 4.69) is 0 Å². The number of thiophene rings is 1. The SMILES string of the molecule is COC(=O)c1cc2c(cc(C)n2C(=O)OC(C)(C)C)s1. The van der Waals surface area contributed by atoms with E-state index in [0.717, 1.165) is 10.4 Å². The minimum atomic E-state index is -0.568. The Kier molecular flexibility index (Phi) is 3.60. The molecule has 0 amide bonds. The summed E-state index contributed by atoms with van der Waals surface area (Å²) in [4.78, 5) is 24.2. The van der Waals surface area contributed by atoms with E-state index < -0.39 is 17.7 Å². The molecule has 2 aromatic rings. The Labute approximate surface area is 121 Å². The topological polar surface area (TPSA) is 57.5 Å². The van der Waals surface area contributed by atoms with Gasteiger partial charge in [0.15, 0.2) is 0 Å². The molecule has 0 aliphatic carbocycles. The van der Waals surface area contributed by atoms with Gasteiger partial charge in [0.05, 0.1) is 17.3 Å². The standard InChI is InChI=1S/C14H17NO4S/c1-8-6-10-9(7-11(20-10)12(16)18-5)15(8)13(17)19-14(2,3)4/h6-7H,1-5H3. The van der Waals surface area contributed by atoms with Gasteiger partial charge in [0.2, 0.25) is 0 Å². The number of nitrogens with zero attached hydrogens (tertiary/aromatic N) is 1. The molecular formula is C14H17NO4S. The normalized spacial score (nSPS) is 11.7. The van der Waals surface area contributed by atoms with Crippen LogP contribution in [0.25, 0.3) is 10.2 Å². The molecule has 0 fully saturated rings. The minimum absolute atomic E-state index is 0.403. The Balaban J connectivity index is 2.47. The van der Waals surface area contributed by atoms with Crippen molar-refractivity contribution in [3.8, 4) is 0 Å². The van der Waals surface area contributed by atoms with Crippen molar-refractivity contribution in [1.82, 2.24) is 4.57 Å². The van der Waals surface area contributed by atoms with Crippen molar-refractivity contribution in [2.75, 3.05) is 7.11 Å². The first-order chi connectivity index (χ1) is 9.23. The Bertz CT molecular complexity index is 675. The van der Waals surface area contributed by atoms with Crippen molar-refractivity contribution in [2.24, 2.45) is 0 Å². The average Bonchev–Trinajstić information content (AvgIpc) is 2.81. The van der Waals surface area contributed by atoms with Gasteiger partial charge in [-0.2, -0.15) is 0 Å². The molecule has 0 aliphatic heterocycles. The van der Waals surface area contributed by atoms with Crippen LogP contribution in [0.2, 0.25) is 0 Å². The molecule has 20 heavy (non-hydrogen) atoms. The predicted octanol–water partition coefficient (Wildman–Crippen LogP) is 3.58. The number of hydrogen-bond acceptors (Lipinski definition) is 5. The molecule has 108 valence electrons. The average molecular weight is 295 g/mol. The van der Waals surface area contributed by atoms with Gasteiger partial charge >= 0.3 is 12.1 Å². The lowest BCUT2D eigenvalue weighted by atomic mass is 10.2. The van der Waals surface area contributed by atoms with E-state index in [-0.39, 0.29) is 0 Å². The molecule has 0 aromatic carbocycles. The number of esters is 1. The van der Waals surface area contributed by atoms with Gasteiger partial charge in [-0.05, 0) is 39.8 Å². The quantitative estimate of drug-likeness (QED) is 0.754. The second-order valence-electron chi connectivity index (χ2n) is 5.45. The van der Waals surface area contributed by atoms with Crippen LogP contribution in [0.5, 0.6) is 0 Å². The first kappa shape index (κ1) is 14.6. The highest BCUT2D eigenvalue weighted by Gasteiger charge is 2.23. The van der Waals surface area contributed by atoms with Crippen molar-refractivity contribution < 1.29 is 19.1 Å². The zero-order valence-electron chi connectivity index (χ0n) is 12.1. The molecule has 0 spiro atoms. The maximum absolute atomic E-state index is 12.2. The minimum Gasteiger partial charge on any atom is -0.465 e. The molecule has 0 saturated heterocycles. The monoisotopic (exact) mass is 295 g/mol. The Morgan fingerprint density at radius 1 is 1.25 bits per heavy atom. The van der Waals surface area contributed by atoms with Gasteiger partial charge in [-0.15, -0.1) is 11.3 Å². The highest BCUT2D eigenvalue weighted by Crippen LogP contribution is 2.30. The van der Waals surface area contributed by atoms with Crippen molar-refractivity contribution in [3.05, 3.63) is 22.7 Å². The summed E-state index contributed by atoms with van der Waals surface area (Å²) >= 11 is 1.30. The Morgan fingerprint density at radius 2 is 1.90 bits per heavy atom. The fourth-order valence-electron chi connectivity index (χ4n) is 1.87. The maximum atomic E-state index is 12.2. The van der Waals surface area contributed by atoms with Crippen LogP contribution in [-0.2, 0) is 9.47 Å². The van der Waals surface area contributed by atoms with Gasteiger partial charge < -0.3 is 9.47 Å². The summed E-state index contributed by atoms with van der Waals surface area (Å²) in [6.45, 7) is 7.27. The Hall–Kier alpha value is -1.82. The first-order valence-electron chi connectivity index (χ1n) is 6.16. The van der Waals surface area contributed by atoms with E-state index >= 15 is 0 Å². The molecule has 5 nitrogen and oxygen atoms in total. The van der Waals surface area contributed by atoms with Crippen LogP contribution in [0, 0.1) is 6.92 Å². The van der Waals surface area contributed by atoms with Crippen LogP contribution in [0.4, 0.5) is 4.79 Å². The third-order valence-electron chi connectivity index (χ3n) is 2.64.